The minimum atomic E-state index is -3.70. The zero-order valence-corrected chi connectivity index (χ0v) is 14.3. The Balaban J connectivity index is 2.03. The highest BCUT2D eigenvalue weighted by Gasteiger charge is 2.69. The maximum absolute atomic E-state index is 12.9. The van der Waals surface area contributed by atoms with Gasteiger partial charge in [0.2, 0.25) is 0 Å². The Morgan fingerprint density at radius 1 is 1.09 bits per heavy atom. The number of sulfone groups is 1. The Morgan fingerprint density at radius 3 is 2.30 bits per heavy atom. The molecule has 0 spiro atoms. The Labute approximate surface area is 144 Å². The fraction of sp³-hybridized carbons (Fsp3) is 0.250. The topological polar surface area (TPSA) is 80.4 Å². The molecule has 4 nitrogen and oxygen atoms in total. The van der Waals surface area contributed by atoms with Crippen LogP contribution < -0.4 is 5.73 Å². The highest BCUT2D eigenvalue weighted by Crippen LogP contribution is 2.55. The second-order valence-corrected chi connectivity index (χ2v) is 8.66. The predicted molar refractivity (Wildman–Crippen MR) is 90.6 cm³/mol. The molecule has 0 bridgehead atoms. The fourth-order valence-electron chi connectivity index (χ4n) is 3.04. The maximum Gasteiger partial charge on any atom is 0.183 e. The smallest absolute Gasteiger partial charge is 0.183 e. The van der Waals surface area contributed by atoms with E-state index in [1.165, 1.54) is 24.3 Å². The molecule has 2 aromatic rings. The lowest BCUT2D eigenvalue weighted by molar-refractivity contribution is 0.253. The Kier molecular flexibility index (Phi) is 4.19. The molecule has 7 heteroatoms. The van der Waals surface area contributed by atoms with Gasteiger partial charge in [0.15, 0.2) is 9.84 Å². The van der Waals surface area contributed by atoms with Crippen molar-refractivity contribution in [1.82, 2.24) is 0 Å². The molecule has 0 radical (unpaired) electrons. The number of hydrogen-bond donors (Lipinski definition) is 2. The summed E-state index contributed by atoms with van der Waals surface area (Å²) >= 11 is 11.8. The third-order valence-electron chi connectivity index (χ3n) is 4.26. The van der Waals surface area contributed by atoms with Gasteiger partial charge in [0.05, 0.1) is 22.3 Å². The van der Waals surface area contributed by atoms with E-state index in [9.17, 15) is 13.5 Å². The van der Waals surface area contributed by atoms with Crippen molar-refractivity contribution in [1.29, 1.82) is 0 Å². The monoisotopic (exact) mass is 371 g/mol. The quantitative estimate of drug-likeness (QED) is 0.865. The highest BCUT2D eigenvalue weighted by atomic mass is 35.5. The molecule has 0 unspecified atom stereocenters. The molecular formula is C16H15Cl2NO3S. The van der Waals surface area contributed by atoms with Crippen molar-refractivity contribution in [2.24, 2.45) is 5.73 Å². The van der Waals surface area contributed by atoms with E-state index in [0.717, 1.165) is 0 Å². The van der Waals surface area contributed by atoms with Gasteiger partial charge >= 0.3 is 0 Å². The molecule has 3 rings (SSSR count). The highest BCUT2D eigenvalue weighted by molar-refractivity contribution is 7.92. The van der Waals surface area contributed by atoms with Crippen molar-refractivity contribution in [3.05, 3.63) is 64.1 Å². The summed E-state index contributed by atoms with van der Waals surface area (Å²) in [4.78, 5) is 0.139. The second-order valence-electron chi connectivity index (χ2n) is 5.72. The molecule has 0 aromatic heterocycles. The number of benzene rings is 2. The van der Waals surface area contributed by atoms with Gasteiger partial charge in [0.1, 0.15) is 0 Å². The first kappa shape index (κ1) is 16.7. The van der Waals surface area contributed by atoms with Crippen molar-refractivity contribution in [3.8, 4) is 0 Å². The Bertz CT molecular complexity index is 839. The average Bonchev–Trinajstić information content (AvgIpc) is 3.15. The van der Waals surface area contributed by atoms with E-state index < -0.39 is 33.2 Å². The molecule has 2 aromatic carbocycles. The normalized spacial score (nSPS) is 27.0. The van der Waals surface area contributed by atoms with Gasteiger partial charge in [-0.2, -0.15) is 0 Å². The first-order chi connectivity index (χ1) is 10.8. The first-order valence-corrected chi connectivity index (χ1v) is 9.25. The van der Waals surface area contributed by atoms with E-state index in [0.29, 0.717) is 15.6 Å². The lowest BCUT2D eigenvalue weighted by Gasteiger charge is -2.08. The fourth-order valence-corrected chi connectivity index (χ4v) is 5.66. The van der Waals surface area contributed by atoms with Crippen LogP contribution >= 0.6 is 23.2 Å². The van der Waals surface area contributed by atoms with E-state index in [2.05, 4.69) is 0 Å². The summed E-state index contributed by atoms with van der Waals surface area (Å²) in [7, 11) is -3.70. The summed E-state index contributed by atoms with van der Waals surface area (Å²) in [6.45, 7) is -0.429. The lowest BCUT2D eigenvalue weighted by atomic mass is 10.1. The van der Waals surface area contributed by atoms with Crippen LogP contribution in [0.1, 0.15) is 11.5 Å². The molecule has 23 heavy (non-hydrogen) atoms. The standard InChI is InChI=1S/C16H15Cl2NO3S/c17-11-4-6-13(7-5-11)23(21,22)15-14(16(15,19)9-20)10-2-1-3-12(18)8-10/h1-8,14-15,20H,9,19H2/t14-,15+,16-/m1/s1. The van der Waals surface area contributed by atoms with Gasteiger partial charge in [0, 0.05) is 16.0 Å². The number of aliphatic hydroxyl groups excluding tert-OH is 1. The number of halogens is 2. The van der Waals surface area contributed by atoms with Crippen LogP contribution in [0.15, 0.2) is 53.4 Å². The molecule has 0 aliphatic heterocycles. The molecule has 1 saturated carbocycles. The van der Waals surface area contributed by atoms with Gasteiger partial charge in [0.25, 0.3) is 0 Å². The molecule has 3 atom stereocenters. The zero-order chi connectivity index (χ0) is 16.8. The molecular weight excluding hydrogens is 357 g/mol. The summed E-state index contributed by atoms with van der Waals surface area (Å²) in [5.74, 6) is -0.508. The van der Waals surface area contributed by atoms with Crippen LogP contribution in [0.2, 0.25) is 10.0 Å². The molecule has 3 N–H and O–H groups in total. The van der Waals surface area contributed by atoms with Crippen molar-refractivity contribution in [2.75, 3.05) is 6.61 Å². The van der Waals surface area contributed by atoms with Gasteiger partial charge in [-0.25, -0.2) is 8.42 Å². The summed E-state index contributed by atoms with van der Waals surface area (Å²) in [5, 5.41) is 9.69. The van der Waals surface area contributed by atoms with Gasteiger partial charge < -0.3 is 10.8 Å². The van der Waals surface area contributed by atoms with Gasteiger partial charge in [-0.3, -0.25) is 0 Å². The third-order valence-corrected chi connectivity index (χ3v) is 7.06. The van der Waals surface area contributed by atoms with E-state index in [4.69, 9.17) is 28.9 Å². The number of hydrogen-bond acceptors (Lipinski definition) is 4. The van der Waals surface area contributed by atoms with E-state index >= 15 is 0 Å². The largest absolute Gasteiger partial charge is 0.394 e. The van der Waals surface area contributed by atoms with Crippen LogP contribution in [0.25, 0.3) is 0 Å². The van der Waals surface area contributed by atoms with Crippen LogP contribution in [0.3, 0.4) is 0 Å². The van der Waals surface area contributed by atoms with Crippen molar-refractivity contribution in [2.45, 2.75) is 21.6 Å². The summed E-state index contributed by atoms with van der Waals surface area (Å²) in [6.07, 6.45) is 0. The minimum absolute atomic E-state index is 0.139. The zero-order valence-electron chi connectivity index (χ0n) is 12.0. The second kappa shape index (κ2) is 5.76. The number of nitrogens with two attached hydrogens (primary N) is 1. The van der Waals surface area contributed by atoms with E-state index in [1.807, 2.05) is 0 Å². The molecule has 122 valence electrons. The van der Waals surface area contributed by atoms with Crippen LogP contribution in [0.5, 0.6) is 0 Å². The lowest BCUT2D eigenvalue weighted by Crippen LogP contribution is -2.35. The van der Waals surface area contributed by atoms with Crippen LogP contribution in [0.4, 0.5) is 0 Å². The number of rotatable bonds is 4. The van der Waals surface area contributed by atoms with Crippen molar-refractivity contribution < 1.29 is 13.5 Å². The van der Waals surface area contributed by atoms with E-state index in [1.54, 1.807) is 24.3 Å². The van der Waals surface area contributed by atoms with Gasteiger partial charge in [-0.15, -0.1) is 0 Å². The van der Waals surface area contributed by atoms with Crippen molar-refractivity contribution in [3.63, 3.8) is 0 Å². The van der Waals surface area contributed by atoms with Gasteiger partial charge in [-0.05, 0) is 42.0 Å². The molecule has 1 aliphatic rings. The Hall–Kier alpha value is -1.11. The van der Waals surface area contributed by atoms with E-state index in [-0.39, 0.29) is 4.90 Å². The summed E-state index contributed by atoms with van der Waals surface area (Å²) in [6, 6.07) is 12.8. The molecule has 0 saturated heterocycles. The summed E-state index contributed by atoms with van der Waals surface area (Å²) in [5.41, 5.74) is 5.66. The molecule has 1 fully saturated rings. The average molecular weight is 372 g/mol. The van der Waals surface area contributed by atoms with Gasteiger partial charge in [-0.1, -0.05) is 35.3 Å². The van der Waals surface area contributed by atoms with Crippen LogP contribution in [0, 0.1) is 0 Å². The molecule has 0 heterocycles. The maximum atomic E-state index is 12.9. The minimum Gasteiger partial charge on any atom is -0.394 e. The predicted octanol–water partition coefficient (Wildman–Crippen LogP) is 2.62. The number of aliphatic hydroxyl groups is 1. The van der Waals surface area contributed by atoms with Crippen LogP contribution in [-0.2, 0) is 9.84 Å². The first-order valence-electron chi connectivity index (χ1n) is 6.95. The SMILES string of the molecule is N[C@]1(CO)[C@H](c2cccc(Cl)c2)[C@@H]1S(=O)(=O)c1ccc(Cl)cc1. The Morgan fingerprint density at radius 2 is 1.74 bits per heavy atom. The molecule has 1 aliphatic carbocycles. The third kappa shape index (κ3) is 2.77. The molecule has 0 amide bonds. The summed E-state index contributed by atoms with van der Waals surface area (Å²) < 4.78 is 25.8. The van der Waals surface area contributed by atoms with Crippen LogP contribution in [-0.4, -0.2) is 30.9 Å². The van der Waals surface area contributed by atoms with Crippen molar-refractivity contribution >= 4 is 33.0 Å².